The van der Waals surface area contributed by atoms with Gasteiger partial charge < -0.3 is 10.2 Å². The average Bonchev–Trinajstić information content (AvgIpc) is 2.76. The molecule has 2 amide bonds. The minimum atomic E-state index is -3.60. The minimum Gasteiger partial charge on any atom is -0.350 e. The number of amides is 2. The lowest BCUT2D eigenvalue weighted by atomic mass is 10.0. The van der Waals surface area contributed by atoms with E-state index in [1.807, 2.05) is 58.9 Å². The Kier molecular flexibility index (Phi) is 10.6. The van der Waals surface area contributed by atoms with Crippen LogP contribution in [0.3, 0.4) is 0 Å². The minimum absolute atomic E-state index is 0.0940. The van der Waals surface area contributed by atoms with Gasteiger partial charge in [-0.05, 0) is 70.7 Å². The molecule has 2 aromatic rings. The molecule has 37 heavy (non-hydrogen) atoms. The third-order valence-corrected chi connectivity index (χ3v) is 7.57. The summed E-state index contributed by atoms with van der Waals surface area (Å²) in [5.41, 5.74) is 2.72. The number of nitrogens with one attached hydrogen (secondary N) is 1. The van der Waals surface area contributed by atoms with Crippen LogP contribution >= 0.6 is 11.6 Å². The molecule has 0 heterocycles. The van der Waals surface area contributed by atoms with Crippen LogP contribution in [0.25, 0.3) is 0 Å². The lowest BCUT2D eigenvalue weighted by Gasteiger charge is -2.33. The molecule has 0 radical (unpaired) electrons. The number of carbonyl (C=O) groups is 2. The van der Waals surface area contributed by atoms with Crippen molar-refractivity contribution in [1.29, 1.82) is 0 Å². The smallest absolute Gasteiger partial charge is 0.243 e. The van der Waals surface area contributed by atoms with Gasteiger partial charge in [0.2, 0.25) is 21.8 Å². The van der Waals surface area contributed by atoms with E-state index in [1.54, 1.807) is 30.0 Å². The number of hydrogen-bond acceptors (Lipinski definition) is 4. The van der Waals surface area contributed by atoms with Crippen molar-refractivity contribution >= 4 is 39.1 Å². The molecule has 0 fully saturated rings. The maximum absolute atomic E-state index is 13.5. The predicted octanol–water partition coefficient (Wildman–Crippen LogP) is 5.23. The van der Waals surface area contributed by atoms with Gasteiger partial charge in [0.1, 0.15) is 6.04 Å². The summed E-state index contributed by atoms with van der Waals surface area (Å²) in [6, 6.07) is 12.3. The fraction of sp³-hybridized carbons (Fsp3) is 0.500. The van der Waals surface area contributed by atoms with Crippen LogP contribution in [0.4, 0.5) is 5.69 Å². The van der Waals surface area contributed by atoms with Crippen LogP contribution in [-0.4, -0.2) is 49.5 Å². The van der Waals surface area contributed by atoms with E-state index in [9.17, 15) is 18.0 Å². The van der Waals surface area contributed by atoms with Crippen LogP contribution in [0.5, 0.6) is 0 Å². The number of aryl methyl sites for hydroxylation is 1. The number of rotatable bonds is 11. The predicted molar refractivity (Wildman–Crippen MR) is 151 cm³/mol. The zero-order valence-corrected chi connectivity index (χ0v) is 24.5. The highest BCUT2D eigenvalue weighted by atomic mass is 35.5. The van der Waals surface area contributed by atoms with Gasteiger partial charge in [-0.1, -0.05) is 54.4 Å². The molecule has 1 N–H and O–H groups in total. The molecular weight excluding hydrogens is 510 g/mol. The Morgan fingerprint density at radius 2 is 1.73 bits per heavy atom. The van der Waals surface area contributed by atoms with Gasteiger partial charge in [-0.3, -0.25) is 13.9 Å². The molecule has 2 aromatic carbocycles. The topological polar surface area (TPSA) is 86.8 Å². The molecule has 1 unspecified atom stereocenters. The van der Waals surface area contributed by atoms with Crippen LogP contribution < -0.4 is 9.62 Å². The standard InChI is InChI=1S/C28H40ClN3O4S/c1-8-24(27(34)30-28(4,5)6)31(19-22-13-9-12-20(2)18-22)26(33)16-11-17-32(37(7,35)36)25-15-10-14-23(29)21(25)3/h9-10,12-15,18,24H,8,11,16-17,19H2,1-7H3,(H,30,34). The lowest BCUT2D eigenvalue weighted by molar-refractivity contribution is -0.142. The number of sulfonamides is 1. The maximum Gasteiger partial charge on any atom is 0.243 e. The van der Waals surface area contributed by atoms with E-state index in [0.717, 1.165) is 17.4 Å². The summed E-state index contributed by atoms with van der Waals surface area (Å²) in [5, 5.41) is 3.47. The molecule has 204 valence electrons. The number of benzene rings is 2. The van der Waals surface area contributed by atoms with Crippen LogP contribution in [0, 0.1) is 13.8 Å². The van der Waals surface area contributed by atoms with Crippen molar-refractivity contribution in [2.45, 2.75) is 78.9 Å². The molecular formula is C28H40ClN3O4S. The molecule has 0 aliphatic carbocycles. The number of carbonyl (C=O) groups excluding carboxylic acids is 2. The van der Waals surface area contributed by atoms with Gasteiger partial charge in [0.15, 0.2) is 0 Å². The van der Waals surface area contributed by atoms with Gasteiger partial charge in [0.05, 0.1) is 11.9 Å². The van der Waals surface area contributed by atoms with Crippen LogP contribution in [0.2, 0.25) is 5.02 Å². The van der Waals surface area contributed by atoms with Crippen molar-refractivity contribution in [3.05, 3.63) is 64.2 Å². The zero-order chi connectivity index (χ0) is 28.0. The van der Waals surface area contributed by atoms with E-state index in [2.05, 4.69) is 5.32 Å². The number of hydrogen-bond donors (Lipinski definition) is 1. The van der Waals surface area contributed by atoms with E-state index in [1.165, 1.54) is 4.31 Å². The van der Waals surface area contributed by atoms with Gasteiger partial charge in [-0.2, -0.15) is 0 Å². The summed E-state index contributed by atoms with van der Waals surface area (Å²) in [6.45, 7) is 11.8. The summed E-state index contributed by atoms with van der Waals surface area (Å²) in [7, 11) is -3.60. The van der Waals surface area contributed by atoms with E-state index >= 15 is 0 Å². The molecule has 0 bridgehead atoms. The largest absolute Gasteiger partial charge is 0.350 e. The Morgan fingerprint density at radius 1 is 1.08 bits per heavy atom. The molecule has 0 spiro atoms. The molecule has 0 aliphatic rings. The Morgan fingerprint density at radius 3 is 2.30 bits per heavy atom. The normalized spacial score (nSPS) is 12.6. The highest BCUT2D eigenvalue weighted by Crippen LogP contribution is 2.28. The van der Waals surface area contributed by atoms with Crippen molar-refractivity contribution in [2.75, 3.05) is 17.1 Å². The van der Waals surface area contributed by atoms with E-state index in [0.29, 0.717) is 35.7 Å². The van der Waals surface area contributed by atoms with Crippen LogP contribution in [0.1, 0.15) is 63.6 Å². The van der Waals surface area contributed by atoms with Crippen molar-refractivity contribution in [3.63, 3.8) is 0 Å². The second kappa shape index (κ2) is 12.8. The van der Waals surface area contributed by atoms with Crippen LogP contribution in [-0.2, 0) is 26.2 Å². The average molecular weight is 550 g/mol. The van der Waals surface area contributed by atoms with Crippen molar-refractivity contribution < 1.29 is 18.0 Å². The van der Waals surface area contributed by atoms with Crippen LogP contribution in [0.15, 0.2) is 42.5 Å². The fourth-order valence-electron chi connectivity index (χ4n) is 4.23. The van der Waals surface area contributed by atoms with E-state index in [-0.39, 0.29) is 24.8 Å². The van der Waals surface area contributed by atoms with E-state index in [4.69, 9.17) is 11.6 Å². The van der Waals surface area contributed by atoms with Gasteiger partial charge in [-0.15, -0.1) is 0 Å². The highest BCUT2D eigenvalue weighted by molar-refractivity contribution is 7.92. The fourth-order valence-corrected chi connectivity index (χ4v) is 5.41. The molecule has 0 aliphatic heterocycles. The molecule has 7 nitrogen and oxygen atoms in total. The summed E-state index contributed by atoms with van der Waals surface area (Å²) in [5.74, 6) is -0.406. The number of nitrogens with zero attached hydrogens (tertiary/aromatic N) is 2. The number of anilines is 1. The lowest BCUT2D eigenvalue weighted by Crippen LogP contribution is -2.53. The highest BCUT2D eigenvalue weighted by Gasteiger charge is 2.31. The molecule has 0 aromatic heterocycles. The first-order valence-electron chi connectivity index (χ1n) is 12.5. The first-order chi connectivity index (χ1) is 17.1. The summed E-state index contributed by atoms with van der Waals surface area (Å²) in [4.78, 5) is 28.3. The monoisotopic (exact) mass is 549 g/mol. The molecule has 0 saturated heterocycles. The molecule has 0 saturated carbocycles. The first kappa shape index (κ1) is 30.6. The summed E-state index contributed by atoms with van der Waals surface area (Å²) >= 11 is 6.23. The third kappa shape index (κ3) is 9.04. The summed E-state index contributed by atoms with van der Waals surface area (Å²) in [6.07, 6.45) is 1.98. The first-order valence-corrected chi connectivity index (χ1v) is 14.8. The Labute approximate surface area is 227 Å². The Hall–Kier alpha value is -2.58. The SMILES string of the molecule is CCC(C(=O)NC(C)(C)C)N(Cc1cccc(C)c1)C(=O)CCCN(c1cccc(Cl)c1C)S(C)(=O)=O. The second-order valence-corrected chi connectivity index (χ2v) is 12.8. The summed E-state index contributed by atoms with van der Waals surface area (Å²) < 4.78 is 26.5. The van der Waals surface area contributed by atoms with Gasteiger partial charge in [-0.25, -0.2) is 8.42 Å². The quantitative estimate of drug-likeness (QED) is 0.416. The van der Waals surface area contributed by atoms with Gasteiger partial charge in [0.25, 0.3) is 0 Å². The van der Waals surface area contributed by atoms with Crippen molar-refractivity contribution in [1.82, 2.24) is 10.2 Å². The van der Waals surface area contributed by atoms with Gasteiger partial charge >= 0.3 is 0 Å². The van der Waals surface area contributed by atoms with Crippen molar-refractivity contribution in [2.24, 2.45) is 0 Å². The Balaban J connectivity index is 2.28. The zero-order valence-electron chi connectivity index (χ0n) is 23.0. The van der Waals surface area contributed by atoms with Crippen molar-refractivity contribution in [3.8, 4) is 0 Å². The second-order valence-electron chi connectivity index (χ2n) is 10.5. The Bertz CT molecular complexity index is 1210. The van der Waals surface area contributed by atoms with E-state index < -0.39 is 21.6 Å². The third-order valence-electron chi connectivity index (χ3n) is 5.98. The molecule has 1 atom stereocenters. The maximum atomic E-state index is 13.5. The molecule has 9 heteroatoms. The number of halogens is 1. The molecule has 2 rings (SSSR count). The van der Waals surface area contributed by atoms with Gasteiger partial charge in [0, 0.05) is 30.1 Å².